The van der Waals surface area contributed by atoms with E-state index >= 15 is 0 Å². The van der Waals surface area contributed by atoms with Crippen LogP contribution in [0.2, 0.25) is 0 Å². The summed E-state index contributed by atoms with van der Waals surface area (Å²) < 4.78 is 1.58. The summed E-state index contributed by atoms with van der Waals surface area (Å²) in [5, 5.41) is 31.0. The van der Waals surface area contributed by atoms with Gasteiger partial charge in [0, 0.05) is 19.5 Å². The second-order valence-corrected chi connectivity index (χ2v) is 9.48. The topological polar surface area (TPSA) is 194 Å². The number of fused-ring (bicyclic) bond motifs is 1. The first-order valence-electron chi connectivity index (χ1n) is 10.4. The second-order valence-electron chi connectivity index (χ2n) is 9.48. The van der Waals surface area contributed by atoms with Crippen LogP contribution in [0.1, 0.15) is 46.0 Å². The molecule has 2 heterocycles. The van der Waals surface area contributed by atoms with Crippen LogP contribution in [0.5, 0.6) is 0 Å². The Morgan fingerprint density at radius 3 is 2.62 bits per heavy atom. The fourth-order valence-electron chi connectivity index (χ4n) is 4.32. The Morgan fingerprint density at radius 1 is 1.31 bits per heavy atom. The number of nitrogens with two attached hydrogens (primary N) is 2. The van der Waals surface area contributed by atoms with E-state index in [-0.39, 0.29) is 55.9 Å². The highest BCUT2D eigenvalue weighted by Gasteiger charge is 2.44. The van der Waals surface area contributed by atoms with Gasteiger partial charge in [0.05, 0.1) is 25.4 Å². The van der Waals surface area contributed by atoms with Gasteiger partial charge in [-0.05, 0) is 24.7 Å². The minimum absolute atomic E-state index is 0.0149. The number of imidazole rings is 1. The lowest BCUT2D eigenvalue weighted by atomic mass is 9.78. The number of rotatable bonds is 7. The van der Waals surface area contributed by atoms with Gasteiger partial charge in [-0.1, -0.05) is 13.8 Å². The van der Waals surface area contributed by atoms with Crippen molar-refractivity contribution in [3.05, 3.63) is 6.33 Å². The van der Waals surface area contributed by atoms with Crippen molar-refractivity contribution < 1.29 is 24.9 Å². The zero-order valence-corrected chi connectivity index (χ0v) is 18.5. The summed E-state index contributed by atoms with van der Waals surface area (Å²) in [6.45, 7) is 3.50. The molecule has 7 N–H and O–H groups in total. The summed E-state index contributed by atoms with van der Waals surface area (Å²) in [6.07, 6.45) is 1.23. The number of aliphatic hydroxyl groups excluding tert-OH is 1. The van der Waals surface area contributed by atoms with Crippen LogP contribution in [0.15, 0.2) is 6.33 Å². The van der Waals surface area contributed by atoms with Crippen molar-refractivity contribution in [3.8, 4) is 0 Å². The third-order valence-corrected chi connectivity index (χ3v) is 6.18. The van der Waals surface area contributed by atoms with E-state index < -0.39 is 23.1 Å². The Morgan fingerprint density at radius 2 is 2.00 bits per heavy atom. The molecule has 1 saturated carbocycles. The molecule has 2 aromatic heterocycles. The molecule has 0 spiro atoms. The smallest absolute Gasteiger partial charge is 0.303 e. The SMILES string of the molecule is CN(C(=O)CC(C)(C)CC(=O)O)[C@H]1CC[C@@](O)(Cn2cnc3c(N)nc(N)nc32)[C@H](O)C1. The number of carbonyl (C=O) groups excluding carboxylic acids is 1. The van der Waals surface area contributed by atoms with E-state index in [4.69, 9.17) is 16.6 Å². The average Bonchev–Trinajstić information content (AvgIpc) is 3.04. The number of hydrogen-bond acceptors (Lipinski definition) is 9. The van der Waals surface area contributed by atoms with E-state index in [1.165, 1.54) is 6.33 Å². The van der Waals surface area contributed by atoms with Crippen molar-refractivity contribution in [2.75, 3.05) is 18.5 Å². The summed E-state index contributed by atoms with van der Waals surface area (Å²) in [6, 6.07) is -0.272. The van der Waals surface area contributed by atoms with Gasteiger partial charge in [-0.3, -0.25) is 9.59 Å². The van der Waals surface area contributed by atoms with Crippen molar-refractivity contribution in [1.29, 1.82) is 0 Å². The number of nitrogens with zero attached hydrogens (tertiary/aromatic N) is 5. The third kappa shape index (κ3) is 4.91. The second kappa shape index (κ2) is 8.51. The number of anilines is 2. The van der Waals surface area contributed by atoms with Gasteiger partial charge in [-0.2, -0.15) is 9.97 Å². The predicted molar refractivity (Wildman–Crippen MR) is 116 cm³/mol. The van der Waals surface area contributed by atoms with Crippen LogP contribution in [0.25, 0.3) is 11.2 Å². The fraction of sp³-hybridized carbons (Fsp3) is 0.650. The van der Waals surface area contributed by atoms with E-state index in [1.807, 2.05) is 0 Å². The number of carboxylic acid groups (broad SMARTS) is 1. The fourth-order valence-corrected chi connectivity index (χ4v) is 4.32. The maximum Gasteiger partial charge on any atom is 0.303 e. The molecule has 0 bridgehead atoms. The lowest BCUT2D eigenvalue weighted by Gasteiger charge is -2.43. The maximum atomic E-state index is 12.7. The van der Waals surface area contributed by atoms with Gasteiger partial charge in [0.1, 0.15) is 11.1 Å². The number of hydrogen-bond donors (Lipinski definition) is 5. The first kappa shape index (κ1) is 23.7. The first-order valence-corrected chi connectivity index (χ1v) is 10.4. The standard InChI is InChI=1S/C20H31N7O5/c1-19(2,8-14(30)31)7-13(29)26(3)11-4-5-20(32,12(28)6-11)9-27-10-23-15-16(21)24-18(22)25-17(15)27/h10-12,28,32H,4-9H2,1-3H3,(H,30,31)(H4,21,22,24,25)/t11-,12+,20+/m0/s1. The monoisotopic (exact) mass is 449 g/mol. The zero-order valence-electron chi connectivity index (χ0n) is 18.5. The molecule has 0 radical (unpaired) electrons. The Balaban J connectivity index is 1.68. The van der Waals surface area contributed by atoms with Crippen LogP contribution in [0.4, 0.5) is 11.8 Å². The van der Waals surface area contributed by atoms with Crippen LogP contribution in [-0.2, 0) is 16.1 Å². The van der Waals surface area contributed by atoms with E-state index in [1.54, 1.807) is 30.4 Å². The van der Waals surface area contributed by atoms with Gasteiger partial charge in [0.15, 0.2) is 11.5 Å². The molecule has 12 nitrogen and oxygen atoms in total. The molecular formula is C20H31N7O5. The predicted octanol–water partition coefficient (Wildman–Crippen LogP) is -0.0154. The molecule has 3 rings (SSSR count). The number of carbonyl (C=O) groups is 2. The highest BCUT2D eigenvalue weighted by Crippen LogP contribution is 2.34. The van der Waals surface area contributed by atoms with Gasteiger partial charge in [-0.25, -0.2) is 4.98 Å². The number of nitrogen functional groups attached to an aromatic ring is 2. The molecular weight excluding hydrogens is 418 g/mol. The number of carboxylic acids is 1. The highest BCUT2D eigenvalue weighted by atomic mass is 16.4. The summed E-state index contributed by atoms with van der Waals surface area (Å²) >= 11 is 0. The molecule has 1 aliphatic carbocycles. The Bertz CT molecular complexity index is 1020. The summed E-state index contributed by atoms with van der Waals surface area (Å²) in [5.41, 5.74) is 10.1. The van der Waals surface area contributed by atoms with Crippen LogP contribution in [0, 0.1) is 5.41 Å². The molecule has 2 aromatic rings. The molecule has 3 atom stereocenters. The quantitative estimate of drug-likeness (QED) is 0.383. The largest absolute Gasteiger partial charge is 0.481 e. The van der Waals surface area contributed by atoms with Crippen LogP contribution in [0.3, 0.4) is 0 Å². The maximum absolute atomic E-state index is 12.7. The number of aromatic nitrogens is 4. The van der Waals surface area contributed by atoms with Gasteiger partial charge in [0.25, 0.3) is 0 Å². The van der Waals surface area contributed by atoms with Gasteiger partial charge in [-0.15, -0.1) is 0 Å². The van der Waals surface area contributed by atoms with E-state index in [2.05, 4.69) is 15.0 Å². The van der Waals surface area contributed by atoms with Crippen LogP contribution >= 0.6 is 0 Å². The van der Waals surface area contributed by atoms with Gasteiger partial charge >= 0.3 is 5.97 Å². The average molecular weight is 450 g/mol. The normalized spacial score (nSPS) is 23.9. The van der Waals surface area contributed by atoms with Gasteiger partial charge in [0.2, 0.25) is 11.9 Å². The van der Waals surface area contributed by atoms with E-state index in [0.717, 1.165) is 0 Å². The minimum Gasteiger partial charge on any atom is -0.481 e. The van der Waals surface area contributed by atoms with Crippen LogP contribution < -0.4 is 11.5 Å². The van der Waals surface area contributed by atoms with E-state index in [0.29, 0.717) is 17.6 Å². The van der Waals surface area contributed by atoms with E-state index in [9.17, 15) is 19.8 Å². The Hall–Kier alpha value is -2.99. The molecule has 0 aromatic carbocycles. The molecule has 1 amide bonds. The van der Waals surface area contributed by atoms with Crippen molar-refractivity contribution in [3.63, 3.8) is 0 Å². The first-order chi connectivity index (χ1) is 14.8. The van der Waals surface area contributed by atoms with Crippen molar-refractivity contribution in [2.24, 2.45) is 5.41 Å². The summed E-state index contributed by atoms with van der Waals surface area (Å²) in [5.74, 6) is -1.03. The molecule has 176 valence electrons. The number of aliphatic carboxylic acids is 1. The molecule has 0 saturated heterocycles. The Kier molecular flexibility index (Phi) is 6.29. The van der Waals surface area contributed by atoms with Crippen molar-refractivity contribution in [1.82, 2.24) is 24.4 Å². The van der Waals surface area contributed by atoms with Crippen molar-refractivity contribution in [2.45, 2.75) is 70.2 Å². The molecule has 12 heteroatoms. The molecule has 1 fully saturated rings. The minimum atomic E-state index is -1.45. The van der Waals surface area contributed by atoms with Crippen LogP contribution in [-0.4, -0.2) is 76.4 Å². The summed E-state index contributed by atoms with van der Waals surface area (Å²) in [7, 11) is 1.65. The highest BCUT2D eigenvalue weighted by molar-refractivity contribution is 5.82. The molecule has 32 heavy (non-hydrogen) atoms. The van der Waals surface area contributed by atoms with Crippen molar-refractivity contribution >= 4 is 34.8 Å². The molecule has 0 unspecified atom stereocenters. The lowest BCUT2D eigenvalue weighted by molar-refractivity contribution is -0.146. The lowest BCUT2D eigenvalue weighted by Crippen LogP contribution is -2.54. The Labute approximate surface area is 185 Å². The number of aliphatic hydroxyl groups is 2. The third-order valence-electron chi connectivity index (χ3n) is 6.18. The molecule has 1 aliphatic rings. The van der Waals surface area contributed by atoms with Gasteiger partial charge < -0.3 is 36.3 Å². The summed E-state index contributed by atoms with van der Waals surface area (Å²) in [4.78, 5) is 37.5. The number of amides is 1. The zero-order chi connectivity index (χ0) is 23.8. The molecule has 0 aliphatic heterocycles.